The summed E-state index contributed by atoms with van der Waals surface area (Å²) in [5.41, 5.74) is 5.40. The summed E-state index contributed by atoms with van der Waals surface area (Å²) < 4.78 is 0. The highest BCUT2D eigenvalue weighted by Gasteiger charge is 2.11. The summed E-state index contributed by atoms with van der Waals surface area (Å²) in [6, 6.07) is 2.97. The summed E-state index contributed by atoms with van der Waals surface area (Å²) in [5, 5.41) is 11.7. The van der Waals surface area contributed by atoms with Crippen molar-refractivity contribution in [3.8, 4) is 0 Å². The first kappa shape index (κ1) is 13.0. The number of rotatable bonds is 6. The van der Waals surface area contributed by atoms with Crippen molar-refractivity contribution in [3.05, 3.63) is 23.9 Å². The van der Waals surface area contributed by atoms with Crippen molar-refractivity contribution >= 4 is 17.7 Å². The number of carboxylic acid groups (broad SMARTS) is 1. The van der Waals surface area contributed by atoms with Gasteiger partial charge >= 0.3 is 5.97 Å². The SMILES string of the molecule is CCC(CC(=O)O)Nc1ccc(C(N)=O)cn1. The molecule has 1 amide bonds. The minimum Gasteiger partial charge on any atom is -0.481 e. The van der Waals surface area contributed by atoms with E-state index in [0.717, 1.165) is 0 Å². The van der Waals surface area contributed by atoms with Gasteiger partial charge in [0.2, 0.25) is 5.91 Å². The lowest BCUT2D eigenvalue weighted by molar-refractivity contribution is -0.137. The molecule has 0 aromatic carbocycles. The first-order valence-electron chi connectivity index (χ1n) is 5.27. The number of carboxylic acids is 1. The van der Waals surface area contributed by atoms with Crippen molar-refractivity contribution in [1.82, 2.24) is 4.98 Å². The van der Waals surface area contributed by atoms with Gasteiger partial charge in [0.15, 0.2) is 0 Å². The fraction of sp³-hybridized carbons (Fsp3) is 0.364. The molecule has 0 bridgehead atoms. The number of nitrogens with zero attached hydrogens (tertiary/aromatic N) is 1. The van der Waals surface area contributed by atoms with Crippen molar-refractivity contribution in [2.45, 2.75) is 25.8 Å². The van der Waals surface area contributed by atoms with Gasteiger partial charge in [0.1, 0.15) is 5.82 Å². The Kier molecular flexibility index (Phi) is 4.45. The molecule has 0 saturated heterocycles. The normalized spacial score (nSPS) is 11.8. The fourth-order valence-electron chi connectivity index (χ4n) is 1.34. The second-order valence-corrected chi connectivity index (χ2v) is 3.64. The van der Waals surface area contributed by atoms with E-state index in [0.29, 0.717) is 17.8 Å². The molecule has 0 spiro atoms. The van der Waals surface area contributed by atoms with Gasteiger partial charge in [-0.05, 0) is 18.6 Å². The maximum absolute atomic E-state index is 10.8. The molecule has 1 unspecified atom stereocenters. The molecule has 0 fully saturated rings. The third kappa shape index (κ3) is 4.10. The van der Waals surface area contributed by atoms with Crippen molar-refractivity contribution in [2.24, 2.45) is 5.73 Å². The van der Waals surface area contributed by atoms with Crippen molar-refractivity contribution < 1.29 is 14.7 Å². The number of primary amides is 1. The van der Waals surface area contributed by atoms with Crippen LogP contribution in [0.2, 0.25) is 0 Å². The van der Waals surface area contributed by atoms with E-state index in [1.165, 1.54) is 6.20 Å². The number of anilines is 1. The zero-order valence-electron chi connectivity index (χ0n) is 9.51. The molecule has 1 rings (SSSR count). The Bertz CT molecular complexity index is 403. The van der Waals surface area contributed by atoms with Gasteiger partial charge in [-0.3, -0.25) is 9.59 Å². The van der Waals surface area contributed by atoms with Crippen LogP contribution in [0.15, 0.2) is 18.3 Å². The van der Waals surface area contributed by atoms with Gasteiger partial charge in [-0.2, -0.15) is 0 Å². The van der Waals surface area contributed by atoms with E-state index in [4.69, 9.17) is 10.8 Å². The number of carbonyl (C=O) groups is 2. The smallest absolute Gasteiger partial charge is 0.305 e. The molecule has 6 nitrogen and oxygen atoms in total. The van der Waals surface area contributed by atoms with Crippen molar-refractivity contribution in [3.63, 3.8) is 0 Å². The number of nitrogens with one attached hydrogen (secondary N) is 1. The van der Waals surface area contributed by atoms with Gasteiger partial charge in [0.05, 0.1) is 12.0 Å². The summed E-state index contributed by atoms with van der Waals surface area (Å²) in [6.07, 6.45) is 2.06. The molecule has 1 atom stereocenters. The molecule has 0 saturated carbocycles. The van der Waals surface area contributed by atoms with Crippen LogP contribution in [0.3, 0.4) is 0 Å². The highest BCUT2D eigenvalue weighted by molar-refractivity contribution is 5.92. The monoisotopic (exact) mass is 237 g/mol. The molecular weight excluding hydrogens is 222 g/mol. The van der Waals surface area contributed by atoms with Crippen LogP contribution in [-0.4, -0.2) is 28.0 Å². The number of carbonyl (C=O) groups excluding carboxylic acids is 1. The third-order valence-corrected chi connectivity index (χ3v) is 2.31. The second-order valence-electron chi connectivity index (χ2n) is 3.64. The predicted octanol–water partition coefficient (Wildman–Crippen LogP) is 0.846. The minimum atomic E-state index is -0.863. The van der Waals surface area contributed by atoms with Crippen LogP contribution < -0.4 is 11.1 Å². The van der Waals surface area contributed by atoms with Gasteiger partial charge < -0.3 is 16.2 Å². The van der Waals surface area contributed by atoms with E-state index in [1.807, 2.05) is 6.92 Å². The standard InChI is InChI=1S/C11H15N3O3/c1-2-8(5-10(15)16)14-9-4-3-7(6-13-9)11(12)17/h3-4,6,8H,2,5H2,1H3,(H2,12,17)(H,13,14)(H,15,16). The first-order valence-corrected chi connectivity index (χ1v) is 5.27. The van der Waals surface area contributed by atoms with Gasteiger partial charge in [0, 0.05) is 12.2 Å². The molecule has 0 radical (unpaired) electrons. The fourth-order valence-corrected chi connectivity index (χ4v) is 1.34. The first-order chi connectivity index (χ1) is 8.02. The zero-order valence-corrected chi connectivity index (χ0v) is 9.51. The van der Waals surface area contributed by atoms with E-state index in [9.17, 15) is 9.59 Å². The van der Waals surface area contributed by atoms with E-state index in [2.05, 4.69) is 10.3 Å². The molecule has 1 aromatic heterocycles. The largest absolute Gasteiger partial charge is 0.481 e. The number of aliphatic carboxylic acids is 1. The van der Waals surface area contributed by atoms with Crippen LogP contribution in [-0.2, 0) is 4.79 Å². The molecular formula is C11H15N3O3. The minimum absolute atomic E-state index is 0.0236. The predicted molar refractivity (Wildman–Crippen MR) is 62.7 cm³/mol. The lowest BCUT2D eigenvalue weighted by atomic mass is 10.1. The molecule has 17 heavy (non-hydrogen) atoms. The van der Waals surface area contributed by atoms with E-state index < -0.39 is 11.9 Å². The maximum atomic E-state index is 10.8. The van der Waals surface area contributed by atoms with Crippen molar-refractivity contribution in [2.75, 3.05) is 5.32 Å². The Hall–Kier alpha value is -2.11. The number of pyridine rings is 1. The van der Waals surface area contributed by atoms with Gasteiger partial charge in [-0.25, -0.2) is 4.98 Å². The number of aromatic nitrogens is 1. The summed E-state index contributed by atoms with van der Waals surface area (Å²) in [5.74, 6) is -0.872. The molecule has 0 aliphatic rings. The van der Waals surface area contributed by atoms with Gasteiger partial charge in [-0.1, -0.05) is 6.92 Å². The molecule has 92 valence electrons. The van der Waals surface area contributed by atoms with Crippen LogP contribution in [0.5, 0.6) is 0 Å². The lowest BCUT2D eigenvalue weighted by Gasteiger charge is -2.15. The Morgan fingerprint density at radius 3 is 2.65 bits per heavy atom. The summed E-state index contributed by atoms with van der Waals surface area (Å²) >= 11 is 0. The Morgan fingerprint density at radius 1 is 1.53 bits per heavy atom. The topological polar surface area (TPSA) is 105 Å². The summed E-state index contributed by atoms with van der Waals surface area (Å²) in [7, 11) is 0. The number of hydrogen-bond donors (Lipinski definition) is 3. The van der Waals surface area contributed by atoms with Crippen LogP contribution >= 0.6 is 0 Å². The van der Waals surface area contributed by atoms with Crippen LogP contribution in [0.25, 0.3) is 0 Å². The second kappa shape index (κ2) is 5.83. The Balaban J connectivity index is 2.67. The van der Waals surface area contributed by atoms with Crippen molar-refractivity contribution in [1.29, 1.82) is 0 Å². The van der Waals surface area contributed by atoms with Crippen LogP contribution in [0.4, 0.5) is 5.82 Å². The molecule has 1 heterocycles. The Labute approximate surface area is 98.8 Å². The zero-order chi connectivity index (χ0) is 12.8. The molecule has 6 heteroatoms. The third-order valence-electron chi connectivity index (χ3n) is 2.31. The molecule has 4 N–H and O–H groups in total. The number of hydrogen-bond acceptors (Lipinski definition) is 4. The highest BCUT2D eigenvalue weighted by Crippen LogP contribution is 2.09. The maximum Gasteiger partial charge on any atom is 0.305 e. The van der Waals surface area contributed by atoms with E-state index in [-0.39, 0.29) is 12.5 Å². The number of nitrogens with two attached hydrogens (primary N) is 1. The molecule has 0 aliphatic heterocycles. The Morgan fingerprint density at radius 2 is 2.24 bits per heavy atom. The molecule has 0 aliphatic carbocycles. The highest BCUT2D eigenvalue weighted by atomic mass is 16.4. The summed E-state index contributed by atoms with van der Waals surface area (Å²) in [4.78, 5) is 25.4. The quantitative estimate of drug-likeness (QED) is 0.680. The van der Waals surface area contributed by atoms with Crippen LogP contribution in [0, 0.1) is 0 Å². The van der Waals surface area contributed by atoms with E-state index in [1.54, 1.807) is 12.1 Å². The number of amides is 1. The lowest BCUT2D eigenvalue weighted by Crippen LogP contribution is -2.23. The van der Waals surface area contributed by atoms with Crippen LogP contribution in [0.1, 0.15) is 30.1 Å². The van der Waals surface area contributed by atoms with E-state index >= 15 is 0 Å². The summed E-state index contributed by atoms with van der Waals surface area (Å²) in [6.45, 7) is 1.89. The average molecular weight is 237 g/mol. The average Bonchev–Trinajstić information content (AvgIpc) is 2.28. The van der Waals surface area contributed by atoms with Gasteiger partial charge in [-0.15, -0.1) is 0 Å². The molecule has 1 aromatic rings. The van der Waals surface area contributed by atoms with Gasteiger partial charge in [0.25, 0.3) is 0 Å².